The van der Waals surface area contributed by atoms with E-state index in [9.17, 15) is 4.79 Å². The van der Waals surface area contributed by atoms with Crippen molar-refractivity contribution in [3.8, 4) is 0 Å². The molecule has 0 saturated carbocycles. The van der Waals surface area contributed by atoms with E-state index in [0.717, 1.165) is 19.3 Å². The van der Waals surface area contributed by atoms with Gasteiger partial charge in [-0.25, -0.2) is 0 Å². The molecule has 0 aromatic rings. The maximum Gasteiger partial charge on any atom is 0.306 e. The Morgan fingerprint density at radius 2 is 2.38 bits per heavy atom. The van der Waals surface area contributed by atoms with Crippen molar-refractivity contribution in [3.63, 3.8) is 0 Å². The summed E-state index contributed by atoms with van der Waals surface area (Å²) >= 11 is 0. The largest absolute Gasteiger partial charge is 0.481 e. The molecule has 4 atom stereocenters. The summed E-state index contributed by atoms with van der Waals surface area (Å²) in [6.07, 6.45) is 5.01. The van der Waals surface area contributed by atoms with Gasteiger partial charge in [-0.05, 0) is 31.6 Å². The molecule has 13 heavy (non-hydrogen) atoms. The van der Waals surface area contributed by atoms with Gasteiger partial charge in [0.15, 0.2) is 0 Å². The van der Waals surface area contributed by atoms with E-state index in [1.165, 1.54) is 6.42 Å². The molecule has 0 amide bonds. The topological polar surface area (TPSA) is 46.5 Å². The van der Waals surface area contributed by atoms with Crippen molar-refractivity contribution >= 4 is 5.97 Å². The number of hydrogen-bond donors (Lipinski definition) is 1. The number of carboxylic acids is 1. The van der Waals surface area contributed by atoms with Crippen LogP contribution in [0.15, 0.2) is 0 Å². The molecule has 2 rings (SSSR count). The van der Waals surface area contributed by atoms with E-state index in [0.29, 0.717) is 18.1 Å². The van der Waals surface area contributed by atoms with Crippen molar-refractivity contribution in [2.75, 3.05) is 0 Å². The fraction of sp³-hybridized carbons (Fsp3) is 0.900. The Bertz CT molecular complexity index is 214. The summed E-state index contributed by atoms with van der Waals surface area (Å²) in [4.78, 5) is 10.7. The molecule has 3 heteroatoms. The van der Waals surface area contributed by atoms with Gasteiger partial charge in [-0.1, -0.05) is 6.92 Å². The first-order valence-electron chi connectivity index (χ1n) is 5.05. The predicted molar refractivity (Wildman–Crippen MR) is 47.4 cm³/mol. The van der Waals surface area contributed by atoms with Crippen LogP contribution in [0, 0.1) is 11.8 Å². The fourth-order valence-corrected chi connectivity index (χ4v) is 2.55. The number of fused-ring (bicyclic) bond motifs is 2. The Kier molecular flexibility index (Phi) is 2.28. The van der Waals surface area contributed by atoms with Crippen LogP contribution in [-0.4, -0.2) is 23.3 Å². The molecule has 2 heterocycles. The molecule has 74 valence electrons. The van der Waals surface area contributed by atoms with E-state index in [1.54, 1.807) is 6.92 Å². The van der Waals surface area contributed by atoms with Crippen LogP contribution in [0.1, 0.15) is 32.6 Å². The SMILES string of the molecule is CC(CC1CC2CCC1O2)C(=O)O. The van der Waals surface area contributed by atoms with E-state index in [4.69, 9.17) is 9.84 Å². The second-order valence-electron chi connectivity index (χ2n) is 4.34. The van der Waals surface area contributed by atoms with Crippen molar-refractivity contribution in [2.24, 2.45) is 11.8 Å². The summed E-state index contributed by atoms with van der Waals surface area (Å²) in [5, 5.41) is 8.77. The molecule has 2 aliphatic rings. The molecule has 2 bridgehead atoms. The summed E-state index contributed by atoms with van der Waals surface area (Å²) < 4.78 is 5.67. The minimum Gasteiger partial charge on any atom is -0.481 e. The van der Waals surface area contributed by atoms with Gasteiger partial charge in [0.1, 0.15) is 0 Å². The van der Waals surface area contributed by atoms with E-state index in [-0.39, 0.29) is 5.92 Å². The van der Waals surface area contributed by atoms with Gasteiger partial charge in [-0.2, -0.15) is 0 Å². The minimum atomic E-state index is -0.678. The molecule has 2 aliphatic heterocycles. The Morgan fingerprint density at radius 3 is 2.85 bits per heavy atom. The van der Waals surface area contributed by atoms with Crippen LogP contribution in [-0.2, 0) is 9.53 Å². The average molecular weight is 184 g/mol. The number of carboxylic acid groups (broad SMARTS) is 1. The van der Waals surface area contributed by atoms with Gasteiger partial charge in [0.2, 0.25) is 0 Å². The Morgan fingerprint density at radius 1 is 1.62 bits per heavy atom. The fourth-order valence-electron chi connectivity index (χ4n) is 2.55. The molecule has 0 spiro atoms. The quantitative estimate of drug-likeness (QED) is 0.725. The van der Waals surface area contributed by atoms with Crippen LogP contribution in [0.4, 0.5) is 0 Å². The zero-order valence-electron chi connectivity index (χ0n) is 7.90. The normalized spacial score (nSPS) is 39.3. The highest BCUT2D eigenvalue weighted by molar-refractivity contribution is 5.69. The van der Waals surface area contributed by atoms with Gasteiger partial charge in [0.05, 0.1) is 18.1 Å². The highest BCUT2D eigenvalue weighted by atomic mass is 16.5. The predicted octanol–water partition coefficient (Wildman–Crippen LogP) is 1.66. The molecule has 4 unspecified atom stereocenters. The molecular weight excluding hydrogens is 168 g/mol. The maximum absolute atomic E-state index is 10.7. The zero-order valence-corrected chi connectivity index (χ0v) is 7.90. The number of hydrogen-bond acceptors (Lipinski definition) is 2. The molecule has 2 fully saturated rings. The third-order valence-corrected chi connectivity index (χ3v) is 3.31. The lowest BCUT2D eigenvalue weighted by atomic mass is 9.83. The average Bonchev–Trinajstić information content (AvgIpc) is 2.64. The number of aliphatic carboxylic acids is 1. The van der Waals surface area contributed by atoms with E-state index < -0.39 is 5.97 Å². The molecule has 0 aromatic heterocycles. The van der Waals surface area contributed by atoms with Crippen LogP contribution >= 0.6 is 0 Å². The monoisotopic (exact) mass is 184 g/mol. The van der Waals surface area contributed by atoms with Crippen LogP contribution in [0.5, 0.6) is 0 Å². The van der Waals surface area contributed by atoms with Crippen LogP contribution in [0.2, 0.25) is 0 Å². The van der Waals surface area contributed by atoms with E-state index >= 15 is 0 Å². The summed E-state index contributed by atoms with van der Waals surface area (Å²) in [7, 11) is 0. The van der Waals surface area contributed by atoms with Gasteiger partial charge in [-0.3, -0.25) is 4.79 Å². The number of carbonyl (C=O) groups is 1. The minimum absolute atomic E-state index is 0.215. The van der Waals surface area contributed by atoms with Crippen molar-refractivity contribution in [2.45, 2.75) is 44.8 Å². The lowest BCUT2D eigenvalue weighted by Gasteiger charge is -2.20. The first-order chi connectivity index (χ1) is 6.16. The number of ether oxygens (including phenoxy) is 1. The van der Waals surface area contributed by atoms with Crippen molar-refractivity contribution in [3.05, 3.63) is 0 Å². The molecule has 2 saturated heterocycles. The Balaban J connectivity index is 1.86. The first-order valence-corrected chi connectivity index (χ1v) is 5.05. The summed E-state index contributed by atoms with van der Waals surface area (Å²) in [6, 6.07) is 0. The lowest BCUT2D eigenvalue weighted by molar-refractivity contribution is -0.141. The van der Waals surface area contributed by atoms with Crippen LogP contribution in [0.3, 0.4) is 0 Å². The van der Waals surface area contributed by atoms with Gasteiger partial charge in [0.25, 0.3) is 0 Å². The van der Waals surface area contributed by atoms with Crippen molar-refractivity contribution < 1.29 is 14.6 Å². The molecule has 3 nitrogen and oxygen atoms in total. The molecule has 1 N–H and O–H groups in total. The Hall–Kier alpha value is -0.570. The van der Waals surface area contributed by atoms with Crippen LogP contribution in [0.25, 0.3) is 0 Å². The Labute approximate surface area is 78.1 Å². The second kappa shape index (κ2) is 3.29. The third-order valence-electron chi connectivity index (χ3n) is 3.31. The van der Waals surface area contributed by atoms with E-state index in [2.05, 4.69) is 0 Å². The molecule has 0 aliphatic carbocycles. The van der Waals surface area contributed by atoms with Crippen LogP contribution < -0.4 is 0 Å². The summed E-state index contributed by atoms with van der Waals surface area (Å²) in [6.45, 7) is 1.79. The molecule has 0 aromatic carbocycles. The summed E-state index contributed by atoms with van der Waals surface area (Å²) in [5.74, 6) is -0.388. The van der Waals surface area contributed by atoms with E-state index in [1.807, 2.05) is 0 Å². The third kappa shape index (κ3) is 1.70. The number of rotatable bonds is 3. The summed E-state index contributed by atoms with van der Waals surface area (Å²) in [5.41, 5.74) is 0. The standard InChI is InChI=1S/C10H16O3/c1-6(10(11)12)4-7-5-8-2-3-9(7)13-8/h6-9H,2-5H2,1H3,(H,11,12). The zero-order chi connectivity index (χ0) is 9.42. The molecule has 0 radical (unpaired) electrons. The van der Waals surface area contributed by atoms with Gasteiger partial charge in [0, 0.05) is 0 Å². The van der Waals surface area contributed by atoms with Gasteiger partial charge in [-0.15, -0.1) is 0 Å². The molecular formula is C10H16O3. The maximum atomic E-state index is 10.7. The van der Waals surface area contributed by atoms with Gasteiger partial charge < -0.3 is 9.84 Å². The highest BCUT2D eigenvalue weighted by Crippen LogP contribution is 2.41. The van der Waals surface area contributed by atoms with Crippen molar-refractivity contribution in [1.82, 2.24) is 0 Å². The van der Waals surface area contributed by atoms with Gasteiger partial charge >= 0.3 is 5.97 Å². The second-order valence-corrected chi connectivity index (χ2v) is 4.34. The lowest BCUT2D eigenvalue weighted by Crippen LogP contribution is -2.22. The smallest absolute Gasteiger partial charge is 0.306 e. The van der Waals surface area contributed by atoms with Crippen molar-refractivity contribution in [1.29, 1.82) is 0 Å². The first kappa shape index (κ1) is 9.00. The highest BCUT2D eigenvalue weighted by Gasteiger charge is 2.41.